The Morgan fingerprint density at radius 3 is 1.13 bits per heavy atom. The first-order chi connectivity index (χ1) is 7.19. The lowest BCUT2D eigenvalue weighted by Gasteiger charge is -2.20. The van der Waals surface area contributed by atoms with Crippen molar-refractivity contribution in [2.24, 2.45) is 0 Å². The second-order valence-electron chi connectivity index (χ2n) is 3.46. The van der Waals surface area contributed by atoms with Crippen LogP contribution in [0.15, 0.2) is 0 Å². The third kappa shape index (κ3) is 11.8. The summed E-state index contributed by atoms with van der Waals surface area (Å²) in [5.74, 6) is 0. The van der Waals surface area contributed by atoms with Crippen molar-refractivity contribution in [2.45, 2.75) is 65.6 Å². The summed E-state index contributed by atoms with van der Waals surface area (Å²) in [7, 11) is 0. The van der Waals surface area contributed by atoms with Crippen LogP contribution in [0.3, 0.4) is 0 Å². The molecule has 3 nitrogen and oxygen atoms in total. The van der Waals surface area contributed by atoms with Crippen LogP contribution in [0.5, 0.6) is 0 Å². The fraction of sp³-hybridized carbons (Fsp3) is 1.00. The molecule has 0 saturated carbocycles. The molecule has 0 aliphatic rings. The quantitative estimate of drug-likeness (QED) is 0.692. The van der Waals surface area contributed by atoms with Crippen LogP contribution >= 0.6 is 0 Å². The van der Waals surface area contributed by atoms with Crippen LogP contribution in [-0.4, -0.2) is 35.6 Å². The van der Waals surface area contributed by atoms with Crippen molar-refractivity contribution in [3.05, 3.63) is 0 Å². The smallest absolute Gasteiger partial charge is 0.0662 e. The molecule has 0 aliphatic carbocycles. The van der Waals surface area contributed by atoms with E-state index in [0.717, 1.165) is 25.7 Å². The molecule has 0 aromatic carbocycles. The van der Waals surface area contributed by atoms with Gasteiger partial charge in [0.15, 0.2) is 0 Å². The molecule has 0 heterocycles. The third-order valence-electron chi connectivity index (χ3n) is 2.31. The molecule has 0 bridgehead atoms. The van der Waals surface area contributed by atoms with Gasteiger partial charge in [0, 0.05) is 0 Å². The van der Waals surface area contributed by atoms with Crippen molar-refractivity contribution in [3.63, 3.8) is 0 Å². The fourth-order valence-electron chi connectivity index (χ4n) is 1.23. The molecular weight excluding hydrogens is 192 g/mol. The Labute approximate surface area is 94.5 Å². The van der Waals surface area contributed by atoms with Gasteiger partial charge in [0.25, 0.3) is 0 Å². The Hall–Kier alpha value is -0.120. The van der Waals surface area contributed by atoms with Gasteiger partial charge in [-0.3, -0.25) is 0 Å². The molecule has 0 unspecified atom stereocenters. The van der Waals surface area contributed by atoms with Gasteiger partial charge in [0.2, 0.25) is 0 Å². The number of aliphatic hydroxyl groups is 2. The Morgan fingerprint density at radius 1 is 0.733 bits per heavy atom. The Balaban J connectivity index is 0. The molecule has 2 N–H and O–H groups in total. The predicted octanol–water partition coefficient (Wildman–Crippen LogP) is 2.35. The topological polar surface area (TPSA) is 49.7 Å². The lowest BCUT2D eigenvalue weighted by atomic mass is 10.2. The lowest BCUT2D eigenvalue weighted by Crippen LogP contribution is -2.19. The zero-order valence-corrected chi connectivity index (χ0v) is 10.7. The second kappa shape index (κ2) is 13.9. The van der Waals surface area contributed by atoms with E-state index in [-0.39, 0.29) is 13.2 Å². The highest BCUT2D eigenvalue weighted by molar-refractivity contribution is 4.58. The molecule has 0 amide bonds. The van der Waals surface area contributed by atoms with Crippen LogP contribution < -0.4 is 0 Å². The van der Waals surface area contributed by atoms with E-state index in [0.29, 0.717) is 12.2 Å². The summed E-state index contributed by atoms with van der Waals surface area (Å²) in [5.41, 5.74) is 0. The lowest BCUT2D eigenvalue weighted by molar-refractivity contribution is -0.0188. The van der Waals surface area contributed by atoms with Crippen molar-refractivity contribution < 1.29 is 14.9 Å². The average molecular weight is 220 g/mol. The van der Waals surface area contributed by atoms with E-state index >= 15 is 0 Å². The van der Waals surface area contributed by atoms with E-state index in [1.165, 1.54) is 0 Å². The van der Waals surface area contributed by atoms with Crippen LogP contribution in [0.2, 0.25) is 0 Å². The highest BCUT2D eigenvalue weighted by atomic mass is 16.5. The minimum atomic E-state index is -0.125. The fourth-order valence-corrected chi connectivity index (χ4v) is 1.23. The molecule has 15 heavy (non-hydrogen) atoms. The van der Waals surface area contributed by atoms with Gasteiger partial charge in [-0.15, -0.1) is 0 Å². The van der Waals surface area contributed by atoms with Gasteiger partial charge in [0.05, 0.1) is 25.4 Å². The van der Waals surface area contributed by atoms with Crippen LogP contribution in [0.4, 0.5) is 0 Å². The minimum Gasteiger partial charge on any atom is -0.394 e. The Morgan fingerprint density at radius 2 is 1.00 bits per heavy atom. The molecule has 0 aromatic rings. The van der Waals surface area contributed by atoms with Crippen LogP contribution in [0.25, 0.3) is 0 Å². The molecule has 94 valence electrons. The SMILES string of the molecule is CCC(CC)OC(CC)CC.OCCO. The molecule has 0 rings (SSSR count). The van der Waals surface area contributed by atoms with E-state index in [1.54, 1.807) is 0 Å². The first-order valence-corrected chi connectivity index (χ1v) is 6.07. The van der Waals surface area contributed by atoms with Crippen LogP contribution in [0.1, 0.15) is 53.4 Å². The molecule has 3 heteroatoms. The average Bonchev–Trinajstić information content (AvgIpc) is 2.31. The number of ether oxygens (including phenoxy) is 1. The monoisotopic (exact) mass is 220 g/mol. The Bertz CT molecular complexity index is 87.0. The summed E-state index contributed by atoms with van der Waals surface area (Å²) in [4.78, 5) is 0. The van der Waals surface area contributed by atoms with Gasteiger partial charge >= 0.3 is 0 Å². The molecule has 0 aromatic heterocycles. The summed E-state index contributed by atoms with van der Waals surface area (Å²) in [6.45, 7) is 8.51. The van der Waals surface area contributed by atoms with Gasteiger partial charge in [-0.25, -0.2) is 0 Å². The van der Waals surface area contributed by atoms with Gasteiger partial charge < -0.3 is 14.9 Å². The van der Waals surface area contributed by atoms with Crippen molar-refractivity contribution >= 4 is 0 Å². The van der Waals surface area contributed by atoms with E-state index < -0.39 is 0 Å². The van der Waals surface area contributed by atoms with Crippen molar-refractivity contribution in [3.8, 4) is 0 Å². The molecule has 0 saturated heterocycles. The van der Waals surface area contributed by atoms with E-state index in [2.05, 4.69) is 27.7 Å². The van der Waals surface area contributed by atoms with Gasteiger partial charge in [-0.2, -0.15) is 0 Å². The summed E-state index contributed by atoms with van der Waals surface area (Å²) < 4.78 is 5.85. The summed E-state index contributed by atoms with van der Waals surface area (Å²) >= 11 is 0. The zero-order chi connectivity index (χ0) is 12.1. The first-order valence-electron chi connectivity index (χ1n) is 6.07. The summed E-state index contributed by atoms with van der Waals surface area (Å²) in [5, 5.41) is 15.2. The highest BCUT2D eigenvalue weighted by Crippen LogP contribution is 2.11. The number of rotatable bonds is 7. The van der Waals surface area contributed by atoms with Gasteiger partial charge in [-0.1, -0.05) is 27.7 Å². The number of hydrogen-bond acceptors (Lipinski definition) is 3. The third-order valence-corrected chi connectivity index (χ3v) is 2.31. The van der Waals surface area contributed by atoms with E-state index in [4.69, 9.17) is 14.9 Å². The summed E-state index contributed by atoms with van der Waals surface area (Å²) in [6, 6.07) is 0. The van der Waals surface area contributed by atoms with Crippen molar-refractivity contribution in [1.29, 1.82) is 0 Å². The molecule has 0 fully saturated rings. The van der Waals surface area contributed by atoms with E-state index in [1.807, 2.05) is 0 Å². The second-order valence-corrected chi connectivity index (χ2v) is 3.46. The standard InChI is InChI=1S/C10H22O.C2H6O2/c1-5-9(6-2)11-10(7-3)8-4;3-1-2-4/h9-10H,5-8H2,1-4H3;3-4H,1-2H2. The minimum absolute atomic E-state index is 0.125. The van der Waals surface area contributed by atoms with E-state index in [9.17, 15) is 0 Å². The Kier molecular flexibility index (Phi) is 16.0. The van der Waals surface area contributed by atoms with Gasteiger partial charge in [-0.05, 0) is 25.7 Å². The molecule has 0 aliphatic heterocycles. The summed E-state index contributed by atoms with van der Waals surface area (Å²) in [6.07, 6.45) is 5.56. The predicted molar refractivity (Wildman–Crippen MR) is 64.0 cm³/mol. The number of hydrogen-bond donors (Lipinski definition) is 2. The molecule has 0 radical (unpaired) electrons. The number of aliphatic hydroxyl groups excluding tert-OH is 2. The zero-order valence-electron chi connectivity index (χ0n) is 10.7. The van der Waals surface area contributed by atoms with Crippen molar-refractivity contribution in [2.75, 3.05) is 13.2 Å². The van der Waals surface area contributed by atoms with Crippen LogP contribution in [0, 0.1) is 0 Å². The maximum absolute atomic E-state index is 7.62. The largest absolute Gasteiger partial charge is 0.394 e. The maximum atomic E-state index is 7.62. The molecular formula is C12H28O3. The molecule has 0 atom stereocenters. The normalized spacial score (nSPS) is 10.4. The first kappa shape index (κ1) is 17.3. The van der Waals surface area contributed by atoms with Crippen LogP contribution in [-0.2, 0) is 4.74 Å². The van der Waals surface area contributed by atoms with Crippen molar-refractivity contribution in [1.82, 2.24) is 0 Å². The highest BCUT2D eigenvalue weighted by Gasteiger charge is 2.09. The molecule has 0 spiro atoms. The van der Waals surface area contributed by atoms with Gasteiger partial charge in [0.1, 0.15) is 0 Å². The maximum Gasteiger partial charge on any atom is 0.0662 e.